The van der Waals surface area contributed by atoms with E-state index in [1.807, 2.05) is 5.38 Å². The van der Waals surface area contributed by atoms with Crippen LogP contribution in [0.4, 0.5) is 5.13 Å². The maximum Gasteiger partial charge on any atom is 0.229 e. The van der Waals surface area contributed by atoms with E-state index in [4.69, 9.17) is 4.74 Å². The number of nitrogens with zero attached hydrogens (tertiary/aromatic N) is 1. The van der Waals surface area contributed by atoms with Crippen LogP contribution in [-0.2, 0) is 16.0 Å². The van der Waals surface area contributed by atoms with Gasteiger partial charge in [-0.15, -0.1) is 22.7 Å². The number of ether oxygens (including phenoxy) is 1. The van der Waals surface area contributed by atoms with Crippen LogP contribution in [0.25, 0.3) is 0 Å². The van der Waals surface area contributed by atoms with Crippen molar-refractivity contribution in [3.05, 3.63) is 33.0 Å². The van der Waals surface area contributed by atoms with Gasteiger partial charge in [0.15, 0.2) is 5.13 Å². The molecule has 4 nitrogen and oxygen atoms in total. The number of nitrogens with one attached hydrogen (secondary N) is 1. The molecule has 1 aliphatic rings. The molecule has 0 fully saturated rings. The van der Waals surface area contributed by atoms with Crippen molar-refractivity contribution in [2.45, 2.75) is 38.7 Å². The molecule has 21 heavy (non-hydrogen) atoms. The molecule has 0 radical (unpaired) electrons. The quantitative estimate of drug-likeness (QED) is 0.926. The second kappa shape index (κ2) is 6.25. The topological polar surface area (TPSA) is 51.2 Å². The van der Waals surface area contributed by atoms with Crippen LogP contribution in [0.5, 0.6) is 0 Å². The van der Waals surface area contributed by atoms with Gasteiger partial charge in [0.1, 0.15) is 6.10 Å². The second-order valence-corrected chi connectivity index (χ2v) is 7.21. The largest absolute Gasteiger partial charge is 0.372 e. The van der Waals surface area contributed by atoms with Gasteiger partial charge < -0.3 is 10.1 Å². The molecule has 112 valence electrons. The predicted molar refractivity (Wildman–Crippen MR) is 86.2 cm³/mol. The van der Waals surface area contributed by atoms with E-state index in [2.05, 4.69) is 35.6 Å². The third-order valence-electron chi connectivity index (χ3n) is 3.49. The average Bonchev–Trinajstić information content (AvgIpc) is 3.07. The Kier molecular flexibility index (Phi) is 4.37. The highest BCUT2D eigenvalue weighted by atomic mass is 32.1. The maximum absolute atomic E-state index is 12.2. The molecule has 0 bridgehead atoms. The first-order valence-corrected chi connectivity index (χ1v) is 8.82. The number of thiazole rings is 1. The lowest BCUT2D eigenvalue weighted by atomic mass is 10.1. The minimum atomic E-state index is -0.113. The van der Waals surface area contributed by atoms with Gasteiger partial charge in [-0.2, -0.15) is 0 Å². The van der Waals surface area contributed by atoms with Crippen molar-refractivity contribution in [1.29, 1.82) is 0 Å². The second-order valence-electron chi connectivity index (χ2n) is 5.40. The van der Waals surface area contributed by atoms with Crippen molar-refractivity contribution in [3.63, 3.8) is 0 Å². The van der Waals surface area contributed by atoms with Crippen LogP contribution in [0.3, 0.4) is 0 Å². The lowest BCUT2D eigenvalue weighted by Gasteiger charge is -2.22. The number of amides is 1. The van der Waals surface area contributed by atoms with Crippen LogP contribution in [0, 0.1) is 0 Å². The fourth-order valence-electron chi connectivity index (χ4n) is 2.32. The predicted octanol–water partition coefficient (Wildman–Crippen LogP) is 3.97. The van der Waals surface area contributed by atoms with Crippen LogP contribution >= 0.6 is 22.7 Å². The molecule has 0 aliphatic carbocycles. The molecule has 3 rings (SSSR count). The van der Waals surface area contributed by atoms with E-state index in [0.717, 1.165) is 12.1 Å². The molecule has 0 aromatic carbocycles. The van der Waals surface area contributed by atoms with E-state index in [9.17, 15) is 4.79 Å². The van der Waals surface area contributed by atoms with E-state index in [-0.39, 0.29) is 12.0 Å². The fraction of sp³-hybridized carbons (Fsp3) is 0.467. The first-order valence-electron chi connectivity index (χ1n) is 7.06. The molecule has 3 heterocycles. The Hall–Kier alpha value is -1.24. The molecule has 0 saturated heterocycles. The van der Waals surface area contributed by atoms with E-state index < -0.39 is 0 Å². The number of aromatic nitrogens is 1. The third kappa shape index (κ3) is 3.33. The summed E-state index contributed by atoms with van der Waals surface area (Å²) in [6.45, 7) is 4.88. The monoisotopic (exact) mass is 322 g/mol. The Bertz CT molecular complexity index is 633. The molecular weight excluding hydrogens is 304 g/mol. The molecule has 0 saturated carbocycles. The van der Waals surface area contributed by atoms with Gasteiger partial charge in [-0.3, -0.25) is 4.79 Å². The smallest absolute Gasteiger partial charge is 0.229 e. The number of anilines is 1. The normalized spacial score (nSPS) is 17.8. The zero-order valence-corrected chi connectivity index (χ0v) is 13.7. The highest BCUT2D eigenvalue weighted by molar-refractivity contribution is 7.14. The minimum absolute atomic E-state index is 0.0362. The van der Waals surface area contributed by atoms with Crippen LogP contribution in [0.1, 0.15) is 48.4 Å². The van der Waals surface area contributed by atoms with Crippen LogP contribution in [0.2, 0.25) is 0 Å². The summed E-state index contributed by atoms with van der Waals surface area (Å²) in [5.74, 6) is 0.341. The zero-order valence-electron chi connectivity index (χ0n) is 12.1. The molecule has 1 N–H and O–H groups in total. The Labute approximate surface area is 132 Å². The number of carbonyl (C=O) groups is 1. The van der Waals surface area contributed by atoms with Crippen molar-refractivity contribution in [2.24, 2.45) is 0 Å². The summed E-state index contributed by atoms with van der Waals surface area (Å²) in [6, 6.07) is 2.13. The fourth-order valence-corrected chi connectivity index (χ4v) is 4.21. The lowest BCUT2D eigenvalue weighted by molar-refractivity contribution is -0.119. The summed E-state index contributed by atoms with van der Waals surface area (Å²) in [4.78, 5) is 17.8. The van der Waals surface area contributed by atoms with Gasteiger partial charge in [0.2, 0.25) is 5.91 Å². The molecule has 1 atom stereocenters. The lowest BCUT2D eigenvalue weighted by Crippen LogP contribution is -2.21. The summed E-state index contributed by atoms with van der Waals surface area (Å²) in [5.41, 5.74) is 2.34. The number of hydrogen-bond donors (Lipinski definition) is 1. The van der Waals surface area contributed by atoms with E-state index in [1.165, 1.54) is 21.8 Å². The first-order chi connectivity index (χ1) is 10.1. The molecule has 6 heteroatoms. The van der Waals surface area contributed by atoms with Gasteiger partial charge in [0.05, 0.1) is 18.7 Å². The summed E-state index contributed by atoms with van der Waals surface area (Å²) in [5, 5.41) is 7.62. The maximum atomic E-state index is 12.2. The van der Waals surface area contributed by atoms with Crippen molar-refractivity contribution < 1.29 is 9.53 Å². The van der Waals surface area contributed by atoms with Crippen molar-refractivity contribution in [1.82, 2.24) is 4.98 Å². The number of carbonyl (C=O) groups excluding carboxylic acids is 1. The number of rotatable bonds is 4. The minimum Gasteiger partial charge on any atom is -0.372 e. The van der Waals surface area contributed by atoms with Crippen molar-refractivity contribution >= 4 is 33.7 Å². The van der Waals surface area contributed by atoms with Gasteiger partial charge in [-0.05, 0) is 29.3 Å². The van der Waals surface area contributed by atoms with Gasteiger partial charge in [0.25, 0.3) is 0 Å². The zero-order chi connectivity index (χ0) is 14.8. The summed E-state index contributed by atoms with van der Waals surface area (Å²) >= 11 is 3.15. The highest BCUT2D eigenvalue weighted by Gasteiger charge is 2.25. The molecule has 1 amide bonds. The van der Waals surface area contributed by atoms with Crippen molar-refractivity contribution in [2.75, 3.05) is 11.9 Å². The standard InChI is InChI=1S/C15H18N2O2S2/c1-9(2)11-8-21-15(16-11)17-13(18)7-12-14-10(3-5-19-12)4-6-20-14/h4,6,8-9,12H,3,5,7H2,1-2H3,(H,16,17,18)/t12-/m1/s1. The summed E-state index contributed by atoms with van der Waals surface area (Å²) < 4.78 is 5.75. The molecule has 0 unspecified atom stereocenters. The van der Waals surface area contributed by atoms with Gasteiger partial charge in [0, 0.05) is 10.3 Å². The first kappa shape index (κ1) is 14.7. The molecule has 2 aromatic rings. The molecule has 0 spiro atoms. The number of hydrogen-bond acceptors (Lipinski definition) is 5. The molecular formula is C15H18N2O2S2. The Balaban J connectivity index is 1.62. The third-order valence-corrected chi connectivity index (χ3v) is 5.32. The van der Waals surface area contributed by atoms with E-state index in [0.29, 0.717) is 24.1 Å². The Morgan fingerprint density at radius 3 is 3.14 bits per heavy atom. The van der Waals surface area contributed by atoms with Crippen molar-refractivity contribution in [3.8, 4) is 0 Å². The molecule has 1 aliphatic heterocycles. The van der Waals surface area contributed by atoms with Crippen LogP contribution < -0.4 is 5.32 Å². The van der Waals surface area contributed by atoms with E-state index in [1.54, 1.807) is 11.3 Å². The SMILES string of the molecule is CC(C)c1csc(NC(=O)C[C@H]2OCCc3ccsc32)n1. The van der Waals surface area contributed by atoms with Gasteiger partial charge in [-0.25, -0.2) is 4.98 Å². The highest BCUT2D eigenvalue weighted by Crippen LogP contribution is 2.34. The Morgan fingerprint density at radius 1 is 1.52 bits per heavy atom. The Morgan fingerprint density at radius 2 is 2.38 bits per heavy atom. The number of fused-ring (bicyclic) bond motifs is 1. The van der Waals surface area contributed by atoms with E-state index >= 15 is 0 Å². The van der Waals surface area contributed by atoms with Crippen LogP contribution in [0.15, 0.2) is 16.8 Å². The van der Waals surface area contributed by atoms with Gasteiger partial charge in [-0.1, -0.05) is 13.8 Å². The summed E-state index contributed by atoms with van der Waals surface area (Å²) in [6.07, 6.45) is 1.18. The number of thiophene rings is 1. The van der Waals surface area contributed by atoms with Crippen LogP contribution in [-0.4, -0.2) is 17.5 Å². The molecule has 2 aromatic heterocycles. The average molecular weight is 322 g/mol. The summed E-state index contributed by atoms with van der Waals surface area (Å²) in [7, 11) is 0. The van der Waals surface area contributed by atoms with Gasteiger partial charge >= 0.3 is 0 Å².